The van der Waals surface area contributed by atoms with Crippen LogP contribution in [0.15, 0.2) is 48.5 Å². The lowest BCUT2D eigenvalue weighted by atomic mass is 9.81. The van der Waals surface area contributed by atoms with E-state index in [4.69, 9.17) is 4.74 Å². The van der Waals surface area contributed by atoms with Crippen molar-refractivity contribution in [3.63, 3.8) is 0 Å². The standard InChI is InChI=1S/C30H29F5O2/c1-3-5-25(36)23-13-12-20(27(32)29(23)34)18-8-6-17(7-9-18)19-10-11-21(24(31)16-19)22-14-15-26(37-4-2)30(35)28(22)33/h6,10-16,18,25,36H,3-5,7-9H2,1-2H3. The van der Waals surface area contributed by atoms with Crippen molar-refractivity contribution < 1.29 is 31.8 Å². The van der Waals surface area contributed by atoms with Crippen LogP contribution in [0, 0.1) is 29.1 Å². The second-order valence-corrected chi connectivity index (χ2v) is 9.24. The maximum Gasteiger partial charge on any atom is 0.201 e. The van der Waals surface area contributed by atoms with Crippen molar-refractivity contribution in [3.05, 3.63) is 94.3 Å². The number of hydrogen-bond donors (Lipinski definition) is 1. The summed E-state index contributed by atoms with van der Waals surface area (Å²) in [5.74, 6) is -5.47. The lowest BCUT2D eigenvalue weighted by molar-refractivity contribution is 0.160. The Morgan fingerprint density at radius 2 is 1.65 bits per heavy atom. The molecule has 2 atom stereocenters. The zero-order valence-corrected chi connectivity index (χ0v) is 20.8. The van der Waals surface area contributed by atoms with E-state index in [9.17, 15) is 27.1 Å². The lowest BCUT2D eigenvalue weighted by Gasteiger charge is -2.24. The topological polar surface area (TPSA) is 29.5 Å². The first-order valence-electron chi connectivity index (χ1n) is 12.5. The van der Waals surface area contributed by atoms with E-state index >= 15 is 0 Å². The smallest absolute Gasteiger partial charge is 0.201 e. The van der Waals surface area contributed by atoms with E-state index in [2.05, 4.69) is 0 Å². The minimum Gasteiger partial charge on any atom is -0.491 e. The molecule has 1 N–H and O–H groups in total. The quantitative estimate of drug-likeness (QED) is 0.304. The summed E-state index contributed by atoms with van der Waals surface area (Å²) in [7, 11) is 0. The summed E-state index contributed by atoms with van der Waals surface area (Å²) in [5.41, 5.74) is 1.39. The third kappa shape index (κ3) is 5.42. The van der Waals surface area contributed by atoms with Crippen molar-refractivity contribution in [2.75, 3.05) is 6.61 Å². The summed E-state index contributed by atoms with van der Waals surface area (Å²) >= 11 is 0. The van der Waals surface area contributed by atoms with Gasteiger partial charge in [-0.15, -0.1) is 0 Å². The molecule has 0 aliphatic heterocycles. The van der Waals surface area contributed by atoms with Gasteiger partial charge in [0.15, 0.2) is 23.2 Å². The molecule has 37 heavy (non-hydrogen) atoms. The van der Waals surface area contributed by atoms with E-state index in [1.54, 1.807) is 13.0 Å². The number of aliphatic hydroxyl groups excluding tert-OH is 1. The van der Waals surface area contributed by atoms with Gasteiger partial charge in [0.05, 0.1) is 12.7 Å². The third-order valence-electron chi connectivity index (χ3n) is 6.89. The van der Waals surface area contributed by atoms with Gasteiger partial charge in [-0.2, -0.15) is 4.39 Å². The van der Waals surface area contributed by atoms with Gasteiger partial charge in [-0.05, 0) is 73.4 Å². The number of benzene rings is 3. The normalized spacial score (nSPS) is 16.4. The molecule has 2 unspecified atom stereocenters. The molecular weight excluding hydrogens is 487 g/mol. The first kappa shape index (κ1) is 26.9. The SMILES string of the molecule is CCCC(O)c1ccc(C2CC=C(c3ccc(-c4ccc(OCC)c(F)c4F)c(F)c3)CC2)c(F)c1F. The highest BCUT2D eigenvalue weighted by Crippen LogP contribution is 2.40. The van der Waals surface area contributed by atoms with Crippen molar-refractivity contribution in [1.29, 1.82) is 0 Å². The highest BCUT2D eigenvalue weighted by molar-refractivity contribution is 5.72. The largest absolute Gasteiger partial charge is 0.491 e. The monoisotopic (exact) mass is 516 g/mol. The predicted octanol–water partition coefficient (Wildman–Crippen LogP) is 8.63. The van der Waals surface area contributed by atoms with Crippen LogP contribution >= 0.6 is 0 Å². The van der Waals surface area contributed by atoms with Crippen LogP contribution in [0.5, 0.6) is 5.75 Å². The molecule has 1 aliphatic carbocycles. The zero-order valence-electron chi connectivity index (χ0n) is 20.8. The van der Waals surface area contributed by atoms with E-state index < -0.39 is 35.2 Å². The molecule has 196 valence electrons. The molecule has 0 heterocycles. The summed E-state index contributed by atoms with van der Waals surface area (Å²) in [6.07, 6.45) is 3.30. The maximum absolute atomic E-state index is 15.0. The minimum atomic E-state index is -1.18. The molecule has 3 aromatic rings. The fourth-order valence-electron chi connectivity index (χ4n) is 4.90. The number of allylic oxidation sites excluding steroid dienone is 2. The molecule has 0 saturated carbocycles. The molecule has 7 heteroatoms. The molecule has 0 bridgehead atoms. The molecular formula is C30H29F5O2. The van der Waals surface area contributed by atoms with E-state index in [0.717, 1.165) is 5.57 Å². The van der Waals surface area contributed by atoms with Crippen LogP contribution in [0.25, 0.3) is 16.7 Å². The lowest BCUT2D eigenvalue weighted by Crippen LogP contribution is -2.10. The Bertz CT molecular complexity index is 1320. The second kappa shape index (κ2) is 11.5. The van der Waals surface area contributed by atoms with E-state index in [1.165, 1.54) is 36.4 Å². The summed E-state index contributed by atoms with van der Waals surface area (Å²) in [5, 5.41) is 10.1. The molecule has 0 saturated heterocycles. The molecule has 0 fully saturated rings. The van der Waals surface area contributed by atoms with Crippen LogP contribution in [0.1, 0.15) is 74.7 Å². The van der Waals surface area contributed by atoms with Crippen LogP contribution < -0.4 is 4.74 Å². The Hall–Kier alpha value is -3.19. The van der Waals surface area contributed by atoms with Gasteiger partial charge in [0.1, 0.15) is 5.82 Å². The van der Waals surface area contributed by atoms with Crippen LogP contribution in [-0.2, 0) is 0 Å². The van der Waals surface area contributed by atoms with Gasteiger partial charge >= 0.3 is 0 Å². The van der Waals surface area contributed by atoms with Crippen LogP contribution in [-0.4, -0.2) is 11.7 Å². The summed E-state index contributed by atoms with van der Waals surface area (Å²) in [6, 6.07) is 9.87. The van der Waals surface area contributed by atoms with Crippen molar-refractivity contribution in [2.45, 2.75) is 58.0 Å². The summed E-state index contributed by atoms with van der Waals surface area (Å²) in [6.45, 7) is 3.68. The van der Waals surface area contributed by atoms with Gasteiger partial charge in [0, 0.05) is 16.7 Å². The zero-order chi connectivity index (χ0) is 26.7. The van der Waals surface area contributed by atoms with Gasteiger partial charge in [0.25, 0.3) is 0 Å². The molecule has 0 spiro atoms. The molecule has 1 aliphatic rings. The number of hydrogen-bond acceptors (Lipinski definition) is 2. The highest BCUT2D eigenvalue weighted by Gasteiger charge is 2.25. The maximum atomic E-state index is 15.0. The molecule has 2 nitrogen and oxygen atoms in total. The highest BCUT2D eigenvalue weighted by atomic mass is 19.2. The average molecular weight is 517 g/mol. The number of ether oxygens (including phenoxy) is 1. The Kier molecular flexibility index (Phi) is 8.32. The van der Waals surface area contributed by atoms with Crippen LogP contribution in [0.3, 0.4) is 0 Å². The Morgan fingerprint density at radius 3 is 2.30 bits per heavy atom. The van der Waals surface area contributed by atoms with Crippen molar-refractivity contribution in [3.8, 4) is 16.9 Å². The first-order valence-corrected chi connectivity index (χ1v) is 12.5. The summed E-state index contributed by atoms with van der Waals surface area (Å²) < 4.78 is 78.3. The van der Waals surface area contributed by atoms with Crippen LogP contribution in [0.4, 0.5) is 22.0 Å². The third-order valence-corrected chi connectivity index (χ3v) is 6.89. The van der Waals surface area contributed by atoms with Gasteiger partial charge in [-0.3, -0.25) is 0 Å². The van der Waals surface area contributed by atoms with Crippen LogP contribution in [0.2, 0.25) is 0 Å². The van der Waals surface area contributed by atoms with Crippen molar-refractivity contribution in [1.82, 2.24) is 0 Å². The minimum absolute atomic E-state index is 0.0328. The molecule has 3 aromatic carbocycles. The van der Waals surface area contributed by atoms with Crippen molar-refractivity contribution in [2.24, 2.45) is 0 Å². The van der Waals surface area contributed by atoms with Crippen molar-refractivity contribution >= 4 is 5.57 Å². The molecule has 0 aromatic heterocycles. The summed E-state index contributed by atoms with van der Waals surface area (Å²) in [4.78, 5) is 0. The first-order chi connectivity index (χ1) is 17.8. The molecule has 0 amide bonds. The Labute approximate surface area is 213 Å². The van der Waals surface area contributed by atoms with E-state index in [0.29, 0.717) is 37.7 Å². The Balaban J connectivity index is 1.54. The fourth-order valence-corrected chi connectivity index (χ4v) is 4.90. The van der Waals surface area contributed by atoms with Gasteiger partial charge < -0.3 is 9.84 Å². The molecule has 0 radical (unpaired) electrons. The van der Waals surface area contributed by atoms with Gasteiger partial charge in [-0.25, -0.2) is 17.6 Å². The fraction of sp³-hybridized carbons (Fsp3) is 0.333. The number of rotatable bonds is 8. The van der Waals surface area contributed by atoms with E-state index in [1.807, 2.05) is 13.0 Å². The second-order valence-electron chi connectivity index (χ2n) is 9.24. The number of aliphatic hydroxyl groups is 1. The predicted molar refractivity (Wildman–Crippen MR) is 134 cm³/mol. The van der Waals surface area contributed by atoms with E-state index in [-0.39, 0.29) is 40.5 Å². The average Bonchev–Trinajstić information content (AvgIpc) is 2.89. The van der Waals surface area contributed by atoms with Gasteiger partial charge in [0.2, 0.25) is 5.82 Å². The van der Waals surface area contributed by atoms with Gasteiger partial charge in [-0.1, -0.05) is 43.7 Å². The Morgan fingerprint density at radius 1 is 0.892 bits per heavy atom. The molecule has 4 rings (SSSR count). The number of halogens is 5.